The summed E-state index contributed by atoms with van der Waals surface area (Å²) in [4.78, 5) is 35.0. The van der Waals surface area contributed by atoms with Crippen molar-refractivity contribution in [3.8, 4) is 0 Å². The van der Waals surface area contributed by atoms with E-state index in [1.807, 2.05) is 5.32 Å². The Morgan fingerprint density at radius 2 is 1.85 bits per heavy atom. The van der Waals surface area contributed by atoms with Gasteiger partial charge >= 0.3 is 12.0 Å². The number of carbonyl (C=O) groups is 3. The fraction of sp³-hybridized carbons (Fsp3) is 0.471. The first-order valence-electron chi connectivity index (χ1n) is 8.38. The lowest BCUT2D eigenvalue weighted by Crippen LogP contribution is -2.42. The zero-order valence-electron chi connectivity index (χ0n) is 15.4. The summed E-state index contributed by atoms with van der Waals surface area (Å²) < 4.78 is 32.0. The first kappa shape index (κ1) is 20.8. The number of sulfonamides is 1. The average molecular weight is 397 g/mol. The van der Waals surface area contributed by atoms with Gasteiger partial charge in [-0.3, -0.25) is 10.1 Å². The molecular formula is C17H23N3O6S. The fourth-order valence-electron chi connectivity index (χ4n) is 2.08. The van der Waals surface area contributed by atoms with E-state index in [2.05, 4.69) is 10.0 Å². The largest absolute Gasteiger partial charge is 0.452 e. The van der Waals surface area contributed by atoms with Crippen LogP contribution in [0.25, 0.3) is 0 Å². The number of amides is 3. The van der Waals surface area contributed by atoms with Gasteiger partial charge in [0.2, 0.25) is 10.0 Å². The van der Waals surface area contributed by atoms with Gasteiger partial charge in [-0.15, -0.1) is 0 Å². The first-order valence-corrected chi connectivity index (χ1v) is 9.86. The maximum absolute atomic E-state index is 12.3. The molecule has 1 aromatic rings. The number of esters is 1. The van der Waals surface area contributed by atoms with Crippen molar-refractivity contribution in [1.29, 1.82) is 0 Å². The predicted molar refractivity (Wildman–Crippen MR) is 96.5 cm³/mol. The summed E-state index contributed by atoms with van der Waals surface area (Å²) in [5.74, 6) is -1.65. The van der Waals surface area contributed by atoms with Crippen molar-refractivity contribution in [2.24, 2.45) is 0 Å². The smallest absolute Gasteiger partial charge is 0.338 e. The third-order valence-corrected chi connectivity index (χ3v) is 5.08. The van der Waals surface area contributed by atoms with Crippen LogP contribution in [0.1, 0.15) is 44.0 Å². The highest BCUT2D eigenvalue weighted by Crippen LogP contribution is 2.18. The van der Waals surface area contributed by atoms with Crippen LogP contribution < -0.4 is 15.4 Å². The lowest BCUT2D eigenvalue weighted by Gasteiger charge is -2.20. The molecule has 0 unspecified atom stereocenters. The van der Waals surface area contributed by atoms with Gasteiger partial charge in [0, 0.05) is 11.6 Å². The van der Waals surface area contributed by atoms with E-state index in [4.69, 9.17) is 4.74 Å². The Balaban J connectivity index is 1.94. The maximum atomic E-state index is 12.3. The molecule has 0 aliphatic heterocycles. The summed E-state index contributed by atoms with van der Waals surface area (Å²) in [6, 6.07) is 4.73. The molecule has 148 valence electrons. The summed E-state index contributed by atoms with van der Waals surface area (Å²) in [5.41, 5.74) is -0.712. The van der Waals surface area contributed by atoms with Gasteiger partial charge in [-0.2, -0.15) is 0 Å². The molecule has 1 saturated carbocycles. The van der Waals surface area contributed by atoms with E-state index in [9.17, 15) is 22.8 Å². The monoisotopic (exact) mass is 397 g/mol. The Labute approximate surface area is 157 Å². The van der Waals surface area contributed by atoms with Crippen molar-refractivity contribution >= 4 is 27.9 Å². The van der Waals surface area contributed by atoms with Gasteiger partial charge < -0.3 is 10.1 Å². The Kier molecular flexibility index (Phi) is 6.22. The number of hydrogen-bond acceptors (Lipinski definition) is 6. The van der Waals surface area contributed by atoms with Crippen LogP contribution in [0.5, 0.6) is 0 Å². The molecule has 27 heavy (non-hydrogen) atoms. The highest BCUT2D eigenvalue weighted by Gasteiger charge is 2.25. The molecule has 3 N–H and O–H groups in total. The lowest BCUT2D eigenvalue weighted by atomic mass is 10.1. The van der Waals surface area contributed by atoms with Crippen LogP contribution in [0.3, 0.4) is 0 Å². The van der Waals surface area contributed by atoms with E-state index in [-0.39, 0.29) is 16.5 Å². The van der Waals surface area contributed by atoms with Crippen molar-refractivity contribution in [3.05, 3.63) is 29.8 Å². The minimum absolute atomic E-state index is 0.0259. The summed E-state index contributed by atoms with van der Waals surface area (Å²) in [5, 5.41) is 4.61. The zero-order valence-corrected chi connectivity index (χ0v) is 16.2. The molecule has 0 aromatic heterocycles. The number of urea groups is 1. The lowest BCUT2D eigenvalue weighted by molar-refractivity contribution is -0.123. The Morgan fingerprint density at radius 3 is 2.44 bits per heavy atom. The zero-order chi connectivity index (χ0) is 20.2. The second-order valence-electron chi connectivity index (χ2n) is 7.26. The Hall–Kier alpha value is -2.46. The summed E-state index contributed by atoms with van der Waals surface area (Å²) in [6.07, 6.45) is 1.75. The third-order valence-electron chi connectivity index (χ3n) is 3.32. The fourth-order valence-corrected chi connectivity index (χ4v) is 3.54. The highest BCUT2D eigenvalue weighted by atomic mass is 32.2. The number of rotatable bonds is 6. The van der Waals surface area contributed by atoms with Gasteiger partial charge in [0.05, 0.1) is 10.5 Å². The molecule has 0 bridgehead atoms. The van der Waals surface area contributed by atoms with Gasteiger partial charge in [-0.1, -0.05) is 6.07 Å². The Morgan fingerprint density at radius 1 is 1.19 bits per heavy atom. The molecule has 1 aromatic carbocycles. The highest BCUT2D eigenvalue weighted by molar-refractivity contribution is 7.89. The molecule has 0 atom stereocenters. The summed E-state index contributed by atoms with van der Waals surface area (Å²) in [7, 11) is -3.82. The molecule has 10 heteroatoms. The minimum Gasteiger partial charge on any atom is -0.452 e. The molecule has 0 spiro atoms. The van der Waals surface area contributed by atoms with Crippen LogP contribution in [-0.2, 0) is 19.6 Å². The van der Waals surface area contributed by atoms with Crippen LogP contribution in [0.2, 0.25) is 0 Å². The van der Waals surface area contributed by atoms with E-state index in [1.54, 1.807) is 20.8 Å². The van der Waals surface area contributed by atoms with E-state index >= 15 is 0 Å². The van der Waals surface area contributed by atoms with Crippen molar-refractivity contribution in [3.63, 3.8) is 0 Å². The maximum Gasteiger partial charge on any atom is 0.338 e. The number of ether oxygens (including phenoxy) is 1. The molecule has 3 amide bonds. The van der Waals surface area contributed by atoms with Crippen LogP contribution in [0.4, 0.5) is 4.79 Å². The standard InChI is InChI=1S/C17H23N3O6S/c1-17(2,3)20-27(24,25)13-6-4-5-11(9-13)15(22)26-10-14(21)19-16(23)18-12-7-8-12/h4-6,9,12,20H,7-8,10H2,1-3H3,(H2,18,19,21,23). The molecule has 0 heterocycles. The quantitative estimate of drug-likeness (QED) is 0.612. The van der Waals surface area contributed by atoms with E-state index in [0.29, 0.717) is 0 Å². The van der Waals surface area contributed by atoms with E-state index in [0.717, 1.165) is 18.9 Å². The van der Waals surface area contributed by atoms with Crippen LogP contribution in [0, 0.1) is 0 Å². The summed E-state index contributed by atoms with van der Waals surface area (Å²) in [6.45, 7) is 4.43. The molecular weight excluding hydrogens is 374 g/mol. The van der Waals surface area contributed by atoms with Crippen molar-refractivity contribution in [2.45, 2.75) is 50.1 Å². The number of carbonyl (C=O) groups excluding carboxylic acids is 3. The predicted octanol–water partition coefficient (Wildman–Crippen LogP) is 0.908. The van der Waals surface area contributed by atoms with Crippen molar-refractivity contribution in [1.82, 2.24) is 15.4 Å². The third kappa shape index (κ3) is 6.99. The first-order chi connectivity index (χ1) is 12.5. The molecule has 0 radical (unpaired) electrons. The van der Waals surface area contributed by atoms with Crippen molar-refractivity contribution < 1.29 is 27.5 Å². The number of imide groups is 1. The number of nitrogens with one attached hydrogen (secondary N) is 3. The number of benzene rings is 1. The van der Waals surface area contributed by atoms with Crippen molar-refractivity contribution in [2.75, 3.05) is 6.61 Å². The van der Waals surface area contributed by atoms with Crippen LogP contribution in [0.15, 0.2) is 29.2 Å². The summed E-state index contributed by atoms with van der Waals surface area (Å²) >= 11 is 0. The molecule has 2 rings (SSSR count). The molecule has 1 aliphatic rings. The second-order valence-corrected chi connectivity index (χ2v) is 8.94. The number of hydrogen-bond donors (Lipinski definition) is 3. The molecule has 9 nitrogen and oxygen atoms in total. The van der Waals surface area contributed by atoms with Gasteiger partial charge in [0.25, 0.3) is 5.91 Å². The normalized spacial score (nSPS) is 14.3. The van der Waals surface area contributed by atoms with Gasteiger partial charge in [0.1, 0.15) is 0 Å². The van der Waals surface area contributed by atoms with Crippen LogP contribution in [-0.4, -0.2) is 44.5 Å². The second kappa shape index (κ2) is 8.05. The van der Waals surface area contributed by atoms with Gasteiger partial charge in [0.15, 0.2) is 6.61 Å². The van der Waals surface area contributed by atoms with Gasteiger partial charge in [-0.05, 0) is 51.8 Å². The van der Waals surface area contributed by atoms with Crippen LogP contribution >= 0.6 is 0 Å². The molecule has 1 aliphatic carbocycles. The van der Waals surface area contributed by atoms with Gasteiger partial charge in [-0.25, -0.2) is 22.7 Å². The molecule has 0 saturated heterocycles. The Bertz CT molecular complexity index is 840. The minimum atomic E-state index is -3.82. The van der Waals surface area contributed by atoms with E-state index < -0.39 is 40.1 Å². The topological polar surface area (TPSA) is 131 Å². The van der Waals surface area contributed by atoms with E-state index in [1.165, 1.54) is 18.2 Å². The SMILES string of the molecule is CC(C)(C)NS(=O)(=O)c1cccc(C(=O)OCC(=O)NC(=O)NC2CC2)c1. The average Bonchev–Trinajstić information content (AvgIpc) is 3.34. The molecule has 1 fully saturated rings.